The molecule has 0 unspecified atom stereocenters. The molecular formula is C74H148O2. The molecule has 0 aliphatic carbocycles. The Hall–Kier alpha value is -0.530. The van der Waals surface area contributed by atoms with Crippen molar-refractivity contribution in [2.75, 3.05) is 6.61 Å². The van der Waals surface area contributed by atoms with E-state index in [9.17, 15) is 4.79 Å². The largest absolute Gasteiger partial charge is 0.466 e. The molecule has 0 bridgehead atoms. The Morgan fingerprint density at radius 2 is 0.289 bits per heavy atom. The maximum absolute atomic E-state index is 12.2. The first-order valence-electron chi connectivity index (χ1n) is 37.0. The first-order chi connectivity index (χ1) is 37.8. The smallest absolute Gasteiger partial charge is 0.305 e. The van der Waals surface area contributed by atoms with Crippen LogP contribution in [0.5, 0.6) is 0 Å². The van der Waals surface area contributed by atoms with Gasteiger partial charge in [0, 0.05) is 6.42 Å². The van der Waals surface area contributed by atoms with E-state index >= 15 is 0 Å². The number of hydrogen-bond acceptors (Lipinski definition) is 2. The van der Waals surface area contributed by atoms with Gasteiger partial charge in [0.15, 0.2) is 0 Å². The zero-order valence-electron chi connectivity index (χ0n) is 53.5. The van der Waals surface area contributed by atoms with E-state index < -0.39 is 0 Å². The van der Waals surface area contributed by atoms with Gasteiger partial charge in [-0.2, -0.15) is 0 Å². The van der Waals surface area contributed by atoms with Gasteiger partial charge in [-0.1, -0.05) is 444 Å². The molecule has 0 spiro atoms. The van der Waals surface area contributed by atoms with Crippen LogP contribution in [0.15, 0.2) is 0 Å². The lowest BCUT2D eigenvalue weighted by Gasteiger charge is -2.06. The quantitative estimate of drug-likeness (QED) is 0.0448. The van der Waals surface area contributed by atoms with Crippen molar-refractivity contribution in [3.63, 3.8) is 0 Å². The molecule has 0 rings (SSSR count). The fourth-order valence-corrected chi connectivity index (χ4v) is 12.3. The van der Waals surface area contributed by atoms with E-state index in [0.29, 0.717) is 13.0 Å². The molecule has 0 aromatic rings. The van der Waals surface area contributed by atoms with Crippen molar-refractivity contribution in [3.05, 3.63) is 0 Å². The summed E-state index contributed by atoms with van der Waals surface area (Å²) < 4.78 is 5.54. The molecule has 0 saturated carbocycles. The Balaban J connectivity index is 3.14. The van der Waals surface area contributed by atoms with Crippen LogP contribution in [0.1, 0.15) is 463 Å². The second-order valence-corrected chi connectivity index (χ2v) is 25.7. The highest BCUT2D eigenvalue weighted by Crippen LogP contribution is 2.20. The highest BCUT2D eigenvalue weighted by Gasteiger charge is 2.04. The molecular weight excluding hydrogens is 921 g/mol. The lowest BCUT2D eigenvalue weighted by Crippen LogP contribution is -2.05. The van der Waals surface area contributed by atoms with Crippen LogP contribution in [0, 0.1) is 0 Å². The molecule has 2 heteroatoms. The summed E-state index contributed by atoms with van der Waals surface area (Å²) in [4.78, 5) is 12.2. The molecule has 76 heavy (non-hydrogen) atoms. The highest BCUT2D eigenvalue weighted by atomic mass is 16.5. The Labute approximate surface area is 483 Å². The van der Waals surface area contributed by atoms with E-state index in [2.05, 4.69) is 13.8 Å². The summed E-state index contributed by atoms with van der Waals surface area (Å²) in [7, 11) is 0. The third-order valence-electron chi connectivity index (χ3n) is 17.7. The van der Waals surface area contributed by atoms with Gasteiger partial charge in [0.1, 0.15) is 0 Å². The second-order valence-electron chi connectivity index (χ2n) is 25.7. The molecule has 0 heterocycles. The maximum Gasteiger partial charge on any atom is 0.305 e. The van der Waals surface area contributed by atoms with Crippen molar-refractivity contribution in [2.45, 2.75) is 463 Å². The minimum atomic E-state index is 0.0389. The summed E-state index contributed by atoms with van der Waals surface area (Å²) in [6.45, 7) is 5.26. The van der Waals surface area contributed by atoms with E-state index in [1.807, 2.05) is 0 Å². The lowest BCUT2D eigenvalue weighted by atomic mass is 10.0. The minimum absolute atomic E-state index is 0.0389. The SMILES string of the molecule is CCCCCCCCCCCCCCCCCCCCCCCCCCCCCCCCCCCCCCCC(=O)OCCCCCCCCCCCCCCCCCCCCCCCCCCCCCCCCCC. The molecule has 0 radical (unpaired) electrons. The van der Waals surface area contributed by atoms with Gasteiger partial charge in [0.05, 0.1) is 6.61 Å². The maximum atomic E-state index is 12.2. The first-order valence-corrected chi connectivity index (χ1v) is 37.0. The van der Waals surface area contributed by atoms with Crippen molar-refractivity contribution < 1.29 is 9.53 Å². The van der Waals surface area contributed by atoms with Gasteiger partial charge in [0.25, 0.3) is 0 Å². The average molecular weight is 1070 g/mol. The summed E-state index contributed by atoms with van der Waals surface area (Å²) in [6, 6.07) is 0. The summed E-state index contributed by atoms with van der Waals surface area (Å²) in [5.74, 6) is 0.0389. The predicted octanol–water partition coefficient (Wildman–Crippen LogP) is 27.9. The van der Waals surface area contributed by atoms with Crippen LogP contribution in [-0.2, 0) is 9.53 Å². The number of unbranched alkanes of at least 4 members (excludes halogenated alkanes) is 67. The molecule has 0 N–H and O–H groups in total. The van der Waals surface area contributed by atoms with Crippen molar-refractivity contribution in [1.82, 2.24) is 0 Å². The van der Waals surface area contributed by atoms with E-state index in [-0.39, 0.29) is 5.97 Å². The van der Waals surface area contributed by atoms with Gasteiger partial charge in [0.2, 0.25) is 0 Å². The van der Waals surface area contributed by atoms with Crippen LogP contribution >= 0.6 is 0 Å². The average Bonchev–Trinajstić information content (AvgIpc) is 3.43. The van der Waals surface area contributed by atoms with E-state index in [1.165, 1.54) is 430 Å². The van der Waals surface area contributed by atoms with Crippen molar-refractivity contribution in [2.24, 2.45) is 0 Å². The van der Waals surface area contributed by atoms with E-state index in [4.69, 9.17) is 4.74 Å². The number of carbonyl (C=O) groups excluding carboxylic acids is 1. The normalized spacial score (nSPS) is 11.7. The minimum Gasteiger partial charge on any atom is -0.466 e. The monoisotopic (exact) mass is 1070 g/mol. The predicted molar refractivity (Wildman–Crippen MR) is 345 cm³/mol. The molecule has 0 aliphatic rings. The van der Waals surface area contributed by atoms with Crippen molar-refractivity contribution in [3.8, 4) is 0 Å². The molecule has 2 nitrogen and oxygen atoms in total. The van der Waals surface area contributed by atoms with Crippen molar-refractivity contribution in [1.29, 1.82) is 0 Å². The van der Waals surface area contributed by atoms with Crippen LogP contribution in [0.2, 0.25) is 0 Å². The Bertz CT molecular complexity index is 990. The van der Waals surface area contributed by atoms with Crippen LogP contribution in [0.25, 0.3) is 0 Å². The van der Waals surface area contributed by atoms with Gasteiger partial charge < -0.3 is 4.74 Å². The number of ether oxygens (including phenoxy) is 1. The Kier molecular flexibility index (Phi) is 72.0. The highest BCUT2D eigenvalue weighted by molar-refractivity contribution is 5.69. The van der Waals surface area contributed by atoms with Crippen LogP contribution < -0.4 is 0 Å². The standard InChI is InChI=1S/C74H148O2/c1-3-5-7-9-11-13-15-17-19-21-23-25-27-29-31-33-35-37-38-39-40-41-42-44-46-48-50-52-54-56-58-60-62-64-66-68-70-72-74(75)76-73-71-69-67-65-63-61-59-57-55-53-51-49-47-45-43-36-34-32-30-28-26-24-22-20-18-16-14-12-10-8-6-4-2/h3-73H2,1-2H3. The summed E-state index contributed by atoms with van der Waals surface area (Å²) in [5.41, 5.74) is 0. The lowest BCUT2D eigenvalue weighted by molar-refractivity contribution is -0.143. The molecule has 0 amide bonds. The zero-order chi connectivity index (χ0) is 54.5. The van der Waals surface area contributed by atoms with Gasteiger partial charge in [-0.05, 0) is 12.8 Å². The molecule has 0 atom stereocenters. The van der Waals surface area contributed by atoms with Crippen molar-refractivity contribution >= 4 is 5.97 Å². The summed E-state index contributed by atoms with van der Waals surface area (Å²) in [6.07, 6.45) is 99.6. The Morgan fingerprint density at radius 3 is 0.434 bits per heavy atom. The number of hydrogen-bond donors (Lipinski definition) is 0. The third-order valence-corrected chi connectivity index (χ3v) is 17.7. The number of carbonyl (C=O) groups is 1. The van der Waals surface area contributed by atoms with Gasteiger partial charge >= 0.3 is 5.97 Å². The van der Waals surface area contributed by atoms with Gasteiger partial charge in [-0.15, -0.1) is 0 Å². The van der Waals surface area contributed by atoms with Crippen LogP contribution in [0.4, 0.5) is 0 Å². The Morgan fingerprint density at radius 1 is 0.171 bits per heavy atom. The molecule has 0 saturated heterocycles. The first kappa shape index (κ1) is 75.5. The molecule has 0 aromatic carbocycles. The third kappa shape index (κ3) is 71.5. The van der Waals surface area contributed by atoms with Gasteiger partial charge in [-0.25, -0.2) is 0 Å². The summed E-state index contributed by atoms with van der Waals surface area (Å²) in [5, 5.41) is 0. The topological polar surface area (TPSA) is 26.3 Å². The molecule has 456 valence electrons. The molecule has 0 fully saturated rings. The molecule has 0 aromatic heterocycles. The van der Waals surface area contributed by atoms with E-state index in [1.54, 1.807) is 0 Å². The second kappa shape index (κ2) is 72.5. The van der Waals surface area contributed by atoms with E-state index in [0.717, 1.165) is 12.8 Å². The number of rotatable bonds is 71. The zero-order valence-corrected chi connectivity index (χ0v) is 53.5. The molecule has 0 aliphatic heterocycles. The number of esters is 1. The van der Waals surface area contributed by atoms with Crippen LogP contribution in [0.3, 0.4) is 0 Å². The van der Waals surface area contributed by atoms with Gasteiger partial charge in [-0.3, -0.25) is 4.79 Å². The van der Waals surface area contributed by atoms with Crippen LogP contribution in [-0.4, -0.2) is 12.6 Å². The fourth-order valence-electron chi connectivity index (χ4n) is 12.3. The fraction of sp³-hybridized carbons (Fsp3) is 0.986. The summed E-state index contributed by atoms with van der Waals surface area (Å²) >= 11 is 0.